The molecule has 0 radical (unpaired) electrons. The molecule has 154 valence electrons. The molecule has 2 rings (SSSR count). The Bertz CT molecular complexity index is 854. The molecule has 2 aromatic rings. The van der Waals surface area contributed by atoms with Crippen molar-refractivity contribution in [2.24, 2.45) is 0 Å². The summed E-state index contributed by atoms with van der Waals surface area (Å²) in [6.45, 7) is 3.35. The number of halogens is 3. The SMILES string of the molecule is CCC(CC(=O)Nc1cn(-c2ccc[n+]([O-])c2)nc1C)S(=O)CCC(F)(F)F. The minimum atomic E-state index is -4.37. The maximum Gasteiger partial charge on any atom is 0.390 e. The summed E-state index contributed by atoms with van der Waals surface area (Å²) < 4.78 is 51.0. The van der Waals surface area contributed by atoms with Crippen molar-refractivity contribution in [2.45, 2.75) is 44.5 Å². The number of aryl methyl sites for hydroxylation is 1. The van der Waals surface area contributed by atoms with E-state index in [4.69, 9.17) is 0 Å². The van der Waals surface area contributed by atoms with Crippen LogP contribution in [0.25, 0.3) is 5.69 Å². The lowest BCUT2D eigenvalue weighted by Crippen LogP contribution is -2.26. The highest BCUT2D eigenvalue weighted by Crippen LogP contribution is 2.22. The van der Waals surface area contributed by atoms with Gasteiger partial charge in [0.05, 0.1) is 24.0 Å². The summed E-state index contributed by atoms with van der Waals surface area (Å²) >= 11 is 0. The lowest BCUT2D eigenvalue weighted by atomic mass is 10.2. The van der Waals surface area contributed by atoms with E-state index in [2.05, 4.69) is 10.4 Å². The Hall–Kier alpha value is -2.43. The van der Waals surface area contributed by atoms with Gasteiger partial charge in [-0.1, -0.05) is 6.92 Å². The van der Waals surface area contributed by atoms with Crippen LogP contribution in [0.15, 0.2) is 30.7 Å². The first-order valence-electron chi connectivity index (χ1n) is 8.58. The molecule has 0 bridgehead atoms. The molecule has 0 fully saturated rings. The zero-order valence-corrected chi connectivity index (χ0v) is 16.2. The fourth-order valence-corrected chi connectivity index (χ4v) is 3.98. The molecule has 0 aromatic carbocycles. The Morgan fingerprint density at radius 1 is 1.46 bits per heavy atom. The highest BCUT2D eigenvalue weighted by Gasteiger charge is 2.29. The third-order valence-electron chi connectivity index (χ3n) is 4.02. The lowest BCUT2D eigenvalue weighted by Gasteiger charge is -2.15. The number of nitrogens with zero attached hydrogens (tertiary/aromatic N) is 3. The number of carbonyl (C=O) groups is 1. The number of rotatable bonds is 8. The molecule has 11 heteroatoms. The molecule has 7 nitrogen and oxygen atoms in total. The summed E-state index contributed by atoms with van der Waals surface area (Å²) in [5.41, 5.74) is 1.41. The second-order valence-corrected chi connectivity index (χ2v) is 8.06. The average Bonchev–Trinajstić information content (AvgIpc) is 2.97. The van der Waals surface area contributed by atoms with Gasteiger partial charge < -0.3 is 10.5 Å². The number of aromatic nitrogens is 3. The zero-order valence-electron chi connectivity index (χ0n) is 15.4. The fourth-order valence-electron chi connectivity index (χ4n) is 2.51. The number of anilines is 1. The van der Waals surface area contributed by atoms with E-state index in [0.29, 0.717) is 28.2 Å². The van der Waals surface area contributed by atoms with Gasteiger partial charge in [0.25, 0.3) is 0 Å². The highest BCUT2D eigenvalue weighted by molar-refractivity contribution is 7.85. The molecule has 0 spiro atoms. The number of alkyl halides is 3. The van der Waals surface area contributed by atoms with Crippen LogP contribution in [0.1, 0.15) is 31.9 Å². The molecule has 0 saturated carbocycles. The molecule has 1 amide bonds. The Balaban J connectivity index is 2.01. The highest BCUT2D eigenvalue weighted by atomic mass is 32.2. The second kappa shape index (κ2) is 9.18. The standard InChI is InChI=1S/C17H21F3N4O3S/c1-3-14(28(27)8-6-17(18,19)20)9-16(25)21-15-11-24(22-12(15)2)13-5-4-7-23(26)10-13/h4-5,7,10-11,14H,3,6,8-9H2,1-2H3,(H,21,25). The van der Waals surface area contributed by atoms with Crippen LogP contribution >= 0.6 is 0 Å². The van der Waals surface area contributed by atoms with Crippen LogP contribution < -0.4 is 10.0 Å². The maximum atomic E-state index is 12.3. The van der Waals surface area contributed by atoms with E-state index < -0.39 is 40.3 Å². The van der Waals surface area contributed by atoms with Crippen LogP contribution in [-0.2, 0) is 15.6 Å². The molecule has 2 aromatic heterocycles. The summed E-state index contributed by atoms with van der Waals surface area (Å²) in [6.07, 6.45) is -1.17. The maximum absolute atomic E-state index is 12.3. The van der Waals surface area contributed by atoms with E-state index in [1.807, 2.05) is 0 Å². The summed E-state index contributed by atoms with van der Waals surface area (Å²) in [7, 11) is -1.75. The molecule has 2 atom stereocenters. The largest absolute Gasteiger partial charge is 0.619 e. The molecular weight excluding hydrogens is 397 g/mol. The second-order valence-electron chi connectivity index (χ2n) is 6.23. The predicted octanol–water partition coefficient (Wildman–Crippen LogP) is 2.62. The van der Waals surface area contributed by atoms with Crippen molar-refractivity contribution in [1.29, 1.82) is 0 Å². The van der Waals surface area contributed by atoms with E-state index in [1.54, 1.807) is 26.0 Å². The third kappa shape index (κ3) is 6.32. The molecule has 0 saturated heterocycles. The lowest BCUT2D eigenvalue weighted by molar-refractivity contribution is -0.605. The van der Waals surface area contributed by atoms with Crippen molar-refractivity contribution < 1.29 is 26.9 Å². The van der Waals surface area contributed by atoms with Crippen LogP contribution in [0.2, 0.25) is 0 Å². The normalized spacial score (nSPS) is 13.9. The topological polar surface area (TPSA) is 90.9 Å². The van der Waals surface area contributed by atoms with Gasteiger partial charge in [-0.05, 0) is 19.4 Å². The first kappa shape index (κ1) is 21.9. The third-order valence-corrected chi connectivity index (χ3v) is 5.87. The van der Waals surface area contributed by atoms with Crippen molar-refractivity contribution >= 4 is 22.4 Å². The van der Waals surface area contributed by atoms with Crippen molar-refractivity contribution in [3.8, 4) is 5.69 Å². The average molecular weight is 418 g/mol. The van der Waals surface area contributed by atoms with Crippen molar-refractivity contribution in [2.75, 3.05) is 11.1 Å². The van der Waals surface area contributed by atoms with Crippen molar-refractivity contribution in [3.05, 3.63) is 41.6 Å². The molecule has 2 unspecified atom stereocenters. The van der Waals surface area contributed by atoms with Gasteiger partial charge in [-0.25, -0.2) is 4.68 Å². The Labute approximate surface area is 162 Å². The van der Waals surface area contributed by atoms with Crippen molar-refractivity contribution in [3.63, 3.8) is 0 Å². The van der Waals surface area contributed by atoms with Crippen LogP contribution in [0.3, 0.4) is 0 Å². The predicted molar refractivity (Wildman–Crippen MR) is 98.3 cm³/mol. The molecule has 0 aliphatic carbocycles. The summed E-state index contributed by atoms with van der Waals surface area (Å²) in [5.74, 6) is -0.975. The first-order chi connectivity index (χ1) is 13.1. The number of hydrogen-bond acceptors (Lipinski definition) is 4. The van der Waals surface area contributed by atoms with Gasteiger partial charge in [-0.15, -0.1) is 0 Å². The van der Waals surface area contributed by atoms with Gasteiger partial charge in [0.15, 0.2) is 6.20 Å². The van der Waals surface area contributed by atoms with E-state index in [1.165, 1.54) is 23.3 Å². The quantitative estimate of drug-likeness (QED) is 0.527. The molecule has 0 aliphatic rings. The molecule has 28 heavy (non-hydrogen) atoms. The molecule has 0 aliphatic heterocycles. The van der Waals surface area contributed by atoms with Crippen molar-refractivity contribution in [1.82, 2.24) is 9.78 Å². The van der Waals surface area contributed by atoms with Gasteiger partial charge in [-0.2, -0.15) is 23.0 Å². The van der Waals surface area contributed by atoms with Gasteiger partial charge in [0.2, 0.25) is 12.1 Å². The van der Waals surface area contributed by atoms with E-state index in [-0.39, 0.29) is 6.42 Å². The van der Waals surface area contributed by atoms with Crippen LogP contribution in [0.5, 0.6) is 0 Å². The van der Waals surface area contributed by atoms with Crippen LogP contribution in [-0.4, -0.2) is 37.1 Å². The van der Waals surface area contributed by atoms with Gasteiger partial charge >= 0.3 is 6.18 Å². The number of pyridine rings is 1. The first-order valence-corrected chi connectivity index (χ1v) is 9.96. The molecule has 2 heterocycles. The fraction of sp³-hybridized carbons (Fsp3) is 0.471. The van der Waals surface area contributed by atoms with Crippen LogP contribution in [0, 0.1) is 12.1 Å². The summed E-state index contributed by atoms with van der Waals surface area (Å²) in [5, 5.41) is 17.6. The van der Waals surface area contributed by atoms with Gasteiger partial charge in [0, 0.05) is 34.3 Å². The monoisotopic (exact) mass is 418 g/mol. The Morgan fingerprint density at radius 2 is 2.18 bits per heavy atom. The number of hydrogen-bond donors (Lipinski definition) is 1. The zero-order chi connectivity index (χ0) is 20.9. The minimum Gasteiger partial charge on any atom is -0.619 e. The minimum absolute atomic E-state index is 0.155. The van der Waals surface area contributed by atoms with E-state index >= 15 is 0 Å². The molecule has 1 N–H and O–H groups in total. The Morgan fingerprint density at radius 3 is 2.79 bits per heavy atom. The van der Waals surface area contributed by atoms with Gasteiger partial charge in [0.1, 0.15) is 5.69 Å². The molecular formula is C17H21F3N4O3S. The summed E-state index contributed by atoms with van der Waals surface area (Å²) in [6, 6.07) is 3.23. The number of carbonyl (C=O) groups excluding carboxylic acids is 1. The number of nitrogens with one attached hydrogen (secondary N) is 1. The summed E-state index contributed by atoms with van der Waals surface area (Å²) in [4.78, 5) is 12.3. The van der Waals surface area contributed by atoms with Crippen LogP contribution in [0.4, 0.5) is 18.9 Å². The van der Waals surface area contributed by atoms with Gasteiger partial charge in [-0.3, -0.25) is 9.00 Å². The number of amides is 1. The van der Waals surface area contributed by atoms with E-state index in [9.17, 15) is 27.4 Å². The van der Waals surface area contributed by atoms with E-state index in [0.717, 1.165) is 0 Å². The Kier molecular flexibility index (Phi) is 7.17. The smallest absolute Gasteiger partial charge is 0.390 e.